The van der Waals surface area contributed by atoms with E-state index in [0.717, 1.165) is 11.1 Å². The van der Waals surface area contributed by atoms with Gasteiger partial charge in [0.2, 0.25) is 0 Å². The van der Waals surface area contributed by atoms with Gasteiger partial charge in [-0.3, -0.25) is 0 Å². The highest BCUT2D eigenvalue weighted by Gasteiger charge is 2.26. The normalized spacial score (nSPS) is 17.5. The lowest BCUT2D eigenvalue weighted by Crippen LogP contribution is -2.44. The number of amides is 1. The molecule has 2 unspecified atom stereocenters. The summed E-state index contributed by atoms with van der Waals surface area (Å²) in [6, 6.07) is 21.1. The van der Waals surface area contributed by atoms with Crippen molar-refractivity contribution in [3.8, 4) is 0 Å². The minimum Gasteiger partial charge on any atom is -0.480 e. The SMILES string of the molecule is CC(C)(C)OC(=O)NC(Cc1ccc(N/C2=C(\N=N)c3ccccc3C(O)Cc3ccccc32)cc1)C(=O)O. The van der Waals surface area contributed by atoms with Gasteiger partial charge in [0, 0.05) is 29.7 Å². The Kier molecular flexibility index (Phi) is 8.11. The Morgan fingerprint density at radius 2 is 1.67 bits per heavy atom. The van der Waals surface area contributed by atoms with Crippen molar-refractivity contribution in [3.05, 3.63) is 101 Å². The maximum atomic E-state index is 12.1. The predicted molar refractivity (Wildman–Crippen MR) is 148 cm³/mol. The maximum absolute atomic E-state index is 12.1. The third-order valence-electron chi connectivity index (χ3n) is 6.28. The van der Waals surface area contributed by atoms with Crippen molar-refractivity contribution in [2.75, 3.05) is 5.32 Å². The van der Waals surface area contributed by atoms with Crippen LogP contribution in [0.25, 0.3) is 11.4 Å². The molecule has 39 heavy (non-hydrogen) atoms. The van der Waals surface area contributed by atoms with Crippen molar-refractivity contribution < 1.29 is 24.5 Å². The summed E-state index contributed by atoms with van der Waals surface area (Å²) in [4.78, 5) is 23.9. The van der Waals surface area contributed by atoms with Crippen LogP contribution in [0.2, 0.25) is 0 Å². The Bertz CT molecular complexity index is 1410. The number of hydrogen-bond acceptors (Lipinski definition) is 7. The first kappa shape index (κ1) is 27.5. The van der Waals surface area contributed by atoms with E-state index in [1.165, 1.54) is 0 Å². The van der Waals surface area contributed by atoms with Gasteiger partial charge in [-0.05, 0) is 49.6 Å². The van der Waals surface area contributed by atoms with Gasteiger partial charge in [-0.2, -0.15) is 5.11 Å². The number of carboxylic acid groups (broad SMARTS) is 1. The van der Waals surface area contributed by atoms with E-state index in [0.29, 0.717) is 40.2 Å². The second-order valence-corrected chi connectivity index (χ2v) is 10.4. The molecule has 9 heteroatoms. The Balaban J connectivity index is 1.63. The van der Waals surface area contributed by atoms with Crippen LogP contribution in [-0.4, -0.2) is 33.9 Å². The number of hydrogen-bond donors (Lipinski definition) is 5. The van der Waals surface area contributed by atoms with Gasteiger partial charge in [-0.1, -0.05) is 60.7 Å². The number of aliphatic hydroxyl groups excluding tert-OH is 1. The van der Waals surface area contributed by atoms with Crippen molar-refractivity contribution in [1.29, 1.82) is 5.53 Å². The molecular formula is C30H32N4O5. The summed E-state index contributed by atoms with van der Waals surface area (Å²) < 4.78 is 5.19. The Morgan fingerprint density at radius 1 is 1.03 bits per heavy atom. The molecule has 0 aromatic heterocycles. The number of rotatable bonds is 7. The van der Waals surface area contributed by atoms with Gasteiger partial charge in [0.05, 0.1) is 11.8 Å². The van der Waals surface area contributed by atoms with Gasteiger partial charge in [-0.25, -0.2) is 15.1 Å². The number of aliphatic hydroxyl groups is 1. The van der Waals surface area contributed by atoms with Gasteiger partial charge in [-0.15, -0.1) is 0 Å². The number of carboxylic acids is 1. The van der Waals surface area contributed by atoms with Crippen LogP contribution < -0.4 is 10.6 Å². The van der Waals surface area contributed by atoms with Crippen LogP contribution in [0.4, 0.5) is 10.5 Å². The molecule has 0 radical (unpaired) electrons. The summed E-state index contributed by atoms with van der Waals surface area (Å²) in [6.07, 6.45) is -1.06. The van der Waals surface area contributed by atoms with E-state index >= 15 is 0 Å². The Hall–Kier alpha value is -4.50. The zero-order valence-electron chi connectivity index (χ0n) is 22.1. The average Bonchev–Trinajstić information content (AvgIpc) is 2.88. The number of nitrogens with one attached hydrogen (secondary N) is 3. The first-order valence-corrected chi connectivity index (χ1v) is 12.6. The summed E-state index contributed by atoms with van der Waals surface area (Å²) in [6.45, 7) is 5.12. The van der Waals surface area contributed by atoms with Crippen LogP contribution in [0.5, 0.6) is 0 Å². The zero-order chi connectivity index (χ0) is 28.2. The van der Waals surface area contributed by atoms with Gasteiger partial charge >= 0.3 is 12.1 Å². The van der Waals surface area contributed by atoms with E-state index in [2.05, 4.69) is 15.7 Å². The molecule has 1 aliphatic rings. The lowest BCUT2D eigenvalue weighted by Gasteiger charge is -2.25. The van der Waals surface area contributed by atoms with Crippen molar-refractivity contribution >= 4 is 29.1 Å². The number of anilines is 1. The van der Waals surface area contributed by atoms with Crippen LogP contribution in [0.1, 0.15) is 54.7 Å². The van der Waals surface area contributed by atoms with Crippen LogP contribution in [0.3, 0.4) is 0 Å². The number of fused-ring (bicyclic) bond motifs is 2. The number of alkyl carbamates (subject to hydrolysis) is 1. The fourth-order valence-electron chi connectivity index (χ4n) is 4.52. The number of benzene rings is 3. The topological polar surface area (TPSA) is 144 Å². The Labute approximate surface area is 227 Å². The van der Waals surface area contributed by atoms with Crippen molar-refractivity contribution in [2.45, 2.75) is 51.4 Å². The molecule has 1 aliphatic carbocycles. The zero-order valence-corrected chi connectivity index (χ0v) is 22.1. The maximum Gasteiger partial charge on any atom is 0.408 e. The largest absolute Gasteiger partial charge is 0.480 e. The number of nitrogens with zero attached hydrogens (tertiary/aromatic N) is 1. The number of ether oxygens (including phenoxy) is 1. The smallest absolute Gasteiger partial charge is 0.408 e. The van der Waals surface area contributed by atoms with Gasteiger partial charge in [0.25, 0.3) is 0 Å². The molecule has 3 aromatic rings. The number of carbonyl (C=O) groups excluding carboxylic acids is 1. The molecule has 9 nitrogen and oxygen atoms in total. The molecule has 1 amide bonds. The predicted octanol–water partition coefficient (Wildman–Crippen LogP) is 5.77. The van der Waals surface area contributed by atoms with Crippen molar-refractivity contribution in [1.82, 2.24) is 5.32 Å². The summed E-state index contributed by atoms with van der Waals surface area (Å²) in [5, 5.41) is 30.2. The molecule has 2 atom stereocenters. The van der Waals surface area contributed by atoms with E-state index in [4.69, 9.17) is 10.3 Å². The molecule has 0 bridgehead atoms. The highest BCUT2D eigenvalue weighted by atomic mass is 16.6. The first-order valence-electron chi connectivity index (χ1n) is 12.6. The molecule has 4 rings (SSSR count). The molecule has 0 saturated carbocycles. The van der Waals surface area contributed by atoms with E-state index in [1.807, 2.05) is 48.5 Å². The van der Waals surface area contributed by atoms with E-state index in [1.54, 1.807) is 45.0 Å². The van der Waals surface area contributed by atoms with Gasteiger partial charge in [0.15, 0.2) is 0 Å². The van der Waals surface area contributed by atoms with E-state index in [-0.39, 0.29) is 6.42 Å². The molecule has 5 N–H and O–H groups in total. The lowest BCUT2D eigenvalue weighted by atomic mass is 9.88. The second kappa shape index (κ2) is 11.5. The summed E-state index contributed by atoms with van der Waals surface area (Å²) in [5.41, 5.74) is 12.8. The highest BCUT2D eigenvalue weighted by Crippen LogP contribution is 2.38. The summed E-state index contributed by atoms with van der Waals surface area (Å²) in [5.74, 6) is -1.16. The molecule has 0 aliphatic heterocycles. The third-order valence-corrected chi connectivity index (χ3v) is 6.28. The van der Waals surface area contributed by atoms with Crippen LogP contribution >= 0.6 is 0 Å². The van der Waals surface area contributed by atoms with Gasteiger partial charge < -0.3 is 25.6 Å². The van der Waals surface area contributed by atoms with E-state index < -0.39 is 29.8 Å². The lowest BCUT2D eigenvalue weighted by molar-refractivity contribution is -0.139. The van der Waals surface area contributed by atoms with Crippen molar-refractivity contribution in [2.24, 2.45) is 5.11 Å². The fourth-order valence-corrected chi connectivity index (χ4v) is 4.52. The number of carbonyl (C=O) groups is 2. The third kappa shape index (κ3) is 6.69. The second-order valence-electron chi connectivity index (χ2n) is 10.4. The molecule has 0 heterocycles. The molecule has 202 valence electrons. The summed E-state index contributed by atoms with van der Waals surface area (Å²) in [7, 11) is 0. The fraction of sp³-hybridized carbons (Fsp3) is 0.267. The number of aliphatic carboxylic acids is 1. The standard InChI is InChI=1S/C30H32N4O5/c1-30(2,3)39-29(38)33-24(28(36)37)16-18-12-14-20(15-13-18)32-26-21-9-5-4-8-19(21)17-25(35)22-10-6-7-11-23(22)27(26)34-31/h4-15,24-25,31-32,35H,16-17H2,1-3H3,(H,33,38)(H,36,37)/b27-26-,34-31?. The van der Waals surface area contributed by atoms with Gasteiger partial charge in [0.1, 0.15) is 17.3 Å². The highest BCUT2D eigenvalue weighted by molar-refractivity contribution is 5.97. The molecular weight excluding hydrogens is 496 g/mol. The first-order chi connectivity index (χ1) is 18.6. The Morgan fingerprint density at radius 3 is 2.31 bits per heavy atom. The molecule has 0 fully saturated rings. The molecule has 0 spiro atoms. The average molecular weight is 529 g/mol. The molecule has 0 saturated heterocycles. The van der Waals surface area contributed by atoms with Crippen LogP contribution in [-0.2, 0) is 22.4 Å². The molecule has 3 aromatic carbocycles. The minimum absolute atomic E-state index is 0.0684. The van der Waals surface area contributed by atoms with Crippen molar-refractivity contribution in [3.63, 3.8) is 0 Å². The minimum atomic E-state index is -1.16. The summed E-state index contributed by atoms with van der Waals surface area (Å²) >= 11 is 0. The monoisotopic (exact) mass is 528 g/mol. The quantitative estimate of drug-likeness (QED) is 0.246. The van der Waals surface area contributed by atoms with E-state index in [9.17, 15) is 19.8 Å². The van der Waals surface area contributed by atoms with Crippen LogP contribution in [0.15, 0.2) is 77.9 Å². The van der Waals surface area contributed by atoms with Crippen LogP contribution in [0, 0.1) is 5.53 Å².